The number of benzene rings is 1. The van der Waals surface area contributed by atoms with Gasteiger partial charge in [0.2, 0.25) is 5.91 Å². The number of alkyl halides is 3. The van der Waals surface area contributed by atoms with Gasteiger partial charge in [-0.25, -0.2) is 0 Å². The fraction of sp³-hybridized carbons (Fsp3) is 0.409. The number of amides is 1. The molecule has 1 aromatic carbocycles. The van der Waals surface area contributed by atoms with Gasteiger partial charge in [-0.1, -0.05) is 6.92 Å². The van der Waals surface area contributed by atoms with E-state index in [-0.39, 0.29) is 23.6 Å². The molecule has 0 aliphatic carbocycles. The Bertz CT molecular complexity index is 1020. The third kappa shape index (κ3) is 6.78. The van der Waals surface area contributed by atoms with Crippen LogP contribution in [-0.2, 0) is 16.0 Å². The second kappa shape index (κ2) is 10.3. The maximum Gasteiger partial charge on any atom is 0.573 e. The van der Waals surface area contributed by atoms with Crippen molar-refractivity contribution < 1.29 is 37.4 Å². The van der Waals surface area contributed by atoms with Crippen LogP contribution in [0, 0.1) is 5.92 Å². The number of aliphatic carboxylic acids is 1. The predicted octanol–water partition coefficient (Wildman–Crippen LogP) is 4.18. The number of ether oxygens (including phenoxy) is 1. The molecule has 2 heterocycles. The number of carboxylic acids is 1. The zero-order valence-corrected chi connectivity index (χ0v) is 18.6. The summed E-state index contributed by atoms with van der Waals surface area (Å²) < 4.78 is 40.9. The number of likely N-dealkylation sites (tertiary alicyclic amines) is 1. The Balaban J connectivity index is 1.75. The number of halogens is 3. The minimum atomic E-state index is -4.83. The van der Waals surface area contributed by atoms with Crippen LogP contribution in [0.15, 0.2) is 30.3 Å². The third-order valence-electron chi connectivity index (χ3n) is 5.20. The second-order valence-electron chi connectivity index (χ2n) is 7.67. The van der Waals surface area contributed by atoms with Crippen LogP contribution in [0.4, 0.5) is 18.2 Å². The lowest BCUT2D eigenvalue weighted by Crippen LogP contribution is -2.42. The van der Waals surface area contributed by atoms with Crippen molar-refractivity contribution in [3.63, 3.8) is 0 Å². The molecule has 11 heteroatoms. The summed E-state index contributed by atoms with van der Waals surface area (Å²) in [5, 5.41) is 12.2. The Morgan fingerprint density at radius 3 is 2.55 bits per heavy atom. The van der Waals surface area contributed by atoms with Gasteiger partial charge in [0, 0.05) is 17.0 Å². The first-order valence-electron chi connectivity index (χ1n) is 10.3. The Labute approximate surface area is 192 Å². The number of thiophene rings is 1. The van der Waals surface area contributed by atoms with Crippen molar-refractivity contribution in [2.45, 2.75) is 32.5 Å². The number of carbonyl (C=O) groups is 3. The quantitative estimate of drug-likeness (QED) is 0.546. The lowest BCUT2D eigenvalue weighted by atomic mass is 9.97. The van der Waals surface area contributed by atoms with Gasteiger partial charge in [-0.3, -0.25) is 19.3 Å². The molecule has 2 aromatic rings. The van der Waals surface area contributed by atoms with E-state index in [0.717, 1.165) is 17.0 Å². The van der Waals surface area contributed by atoms with Crippen molar-refractivity contribution >= 4 is 34.0 Å². The summed E-state index contributed by atoms with van der Waals surface area (Å²) in [5.41, 5.74) is 0.415. The van der Waals surface area contributed by atoms with Crippen molar-refractivity contribution in [1.29, 1.82) is 0 Å². The number of rotatable bonds is 8. The summed E-state index contributed by atoms with van der Waals surface area (Å²) >= 11 is 1.26. The number of ketones is 1. The van der Waals surface area contributed by atoms with Gasteiger partial charge in [-0.15, -0.1) is 24.5 Å². The SMILES string of the molecule is CCc1cc(C(=O)c2ccc(OC(F)(F)F)cc2)c(NC(=O)C2CCCN(CC(=O)O)C2)s1. The Hall–Kier alpha value is -2.92. The van der Waals surface area contributed by atoms with E-state index >= 15 is 0 Å². The monoisotopic (exact) mass is 484 g/mol. The van der Waals surface area contributed by atoms with E-state index in [9.17, 15) is 27.6 Å². The zero-order valence-electron chi connectivity index (χ0n) is 17.8. The van der Waals surface area contributed by atoms with Crippen molar-refractivity contribution in [3.8, 4) is 5.75 Å². The molecule has 1 aliphatic heterocycles. The number of carbonyl (C=O) groups excluding carboxylic acids is 2. The molecule has 1 saturated heterocycles. The predicted molar refractivity (Wildman–Crippen MR) is 116 cm³/mol. The Morgan fingerprint density at radius 2 is 1.94 bits per heavy atom. The number of hydrogen-bond donors (Lipinski definition) is 2. The lowest BCUT2D eigenvalue weighted by molar-refractivity contribution is -0.274. The van der Waals surface area contributed by atoms with Crippen molar-refractivity contribution in [1.82, 2.24) is 4.90 Å². The van der Waals surface area contributed by atoms with Crippen LogP contribution in [0.1, 0.15) is 40.6 Å². The number of piperidine rings is 1. The molecule has 1 aliphatic rings. The Kier molecular flexibility index (Phi) is 7.75. The molecule has 1 unspecified atom stereocenters. The van der Waals surface area contributed by atoms with E-state index in [1.807, 2.05) is 6.92 Å². The second-order valence-corrected chi connectivity index (χ2v) is 8.80. The Morgan fingerprint density at radius 1 is 1.24 bits per heavy atom. The molecular formula is C22H23F3N2O5S. The van der Waals surface area contributed by atoms with Gasteiger partial charge in [0.15, 0.2) is 5.78 Å². The van der Waals surface area contributed by atoms with Gasteiger partial charge in [0.25, 0.3) is 0 Å². The first-order chi connectivity index (χ1) is 15.6. The number of hydrogen-bond acceptors (Lipinski definition) is 6. The normalized spacial score (nSPS) is 16.9. The average Bonchev–Trinajstić information content (AvgIpc) is 3.15. The summed E-state index contributed by atoms with van der Waals surface area (Å²) in [5.74, 6) is -2.53. The van der Waals surface area contributed by atoms with Crippen LogP contribution in [0.5, 0.6) is 5.75 Å². The maximum atomic E-state index is 13.0. The fourth-order valence-corrected chi connectivity index (χ4v) is 4.66. The number of nitrogens with zero attached hydrogens (tertiary/aromatic N) is 1. The van der Waals surface area contributed by atoms with Gasteiger partial charge in [0.1, 0.15) is 10.8 Å². The van der Waals surface area contributed by atoms with Gasteiger partial charge >= 0.3 is 12.3 Å². The van der Waals surface area contributed by atoms with E-state index in [2.05, 4.69) is 10.1 Å². The third-order valence-corrected chi connectivity index (χ3v) is 6.39. The fourth-order valence-electron chi connectivity index (χ4n) is 3.66. The van der Waals surface area contributed by atoms with Crippen LogP contribution in [0.25, 0.3) is 0 Å². The smallest absolute Gasteiger partial charge is 0.480 e. The number of anilines is 1. The highest BCUT2D eigenvalue weighted by Crippen LogP contribution is 2.32. The van der Waals surface area contributed by atoms with Gasteiger partial charge in [-0.2, -0.15) is 0 Å². The molecule has 1 aromatic heterocycles. The van der Waals surface area contributed by atoms with E-state index < -0.39 is 29.8 Å². The molecular weight excluding hydrogens is 461 g/mol. The highest BCUT2D eigenvalue weighted by molar-refractivity contribution is 7.16. The summed E-state index contributed by atoms with van der Waals surface area (Å²) in [6, 6.07) is 6.27. The lowest BCUT2D eigenvalue weighted by Gasteiger charge is -2.30. The molecule has 178 valence electrons. The van der Waals surface area contributed by atoms with Crippen molar-refractivity contribution in [3.05, 3.63) is 46.3 Å². The number of aryl methyl sites for hydroxylation is 1. The van der Waals surface area contributed by atoms with E-state index in [0.29, 0.717) is 37.4 Å². The zero-order chi connectivity index (χ0) is 24.2. The van der Waals surface area contributed by atoms with Crippen molar-refractivity contribution in [2.24, 2.45) is 5.92 Å². The van der Waals surface area contributed by atoms with Crippen molar-refractivity contribution in [2.75, 3.05) is 25.0 Å². The van der Waals surface area contributed by atoms with Gasteiger partial charge < -0.3 is 15.2 Å². The molecule has 0 saturated carbocycles. The standard InChI is InChI=1S/C22H23F3N2O5S/c1-2-16-10-17(19(30)13-5-7-15(8-6-13)32-22(23,24)25)21(33-16)26-20(31)14-4-3-9-27(11-14)12-18(28)29/h5-8,10,14H,2-4,9,11-12H2,1H3,(H,26,31)(H,28,29). The maximum absolute atomic E-state index is 13.0. The summed E-state index contributed by atoms with van der Waals surface area (Å²) in [4.78, 5) is 39.5. The molecule has 3 rings (SSSR count). The average molecular weight is 484 g/mol. The number of carboxylic acid groups (broad SMARTS) is 1. The summed E-state index contributed by atoms with van der Waals surface area (Å²) in [7, 11) is 0. The van der Waals surface area contributed by atoms with E-state index in [1.54, 1.807) is 11.0 Å². The molecule has 0 radical (unpaired) electrons. The van der Waals surface area contributed by atoms with Gasteiger partial charge in [-0.05, 0) is 56.1 Å². The molecule has 1 fully saturated rings. The minimum absolute atomic E-state index is 0.138. The number of nitrogens with one attached hydrogen (secondary N) is 1. The van der Waals surface area contributed by atoms with Crippen LogP contribution in [-0.4, -0.2) is 53.7 Å². The molecule has 1 atom stereocenters. The molecule has 0 spiro atoms. The first kappa shape index (κ1) is 24.7. The molecule has 0 bridgehead atoms. The summed E-state index contributed by atoms with van der Waals surface area (Å²) in [6.07, 6.45) is -2.90. The van der Waals surface area contributed by atoms with Crippen LogP contribution in [0.2, 0.25) is 0 Å². The van der Waals surface area contributed by atoms with E-state index in [1.165, 1.54) is 23.5 Å². The van der Waals surface area contributed by atoms with Crippen LogP contribution in [0.3, 0.4) is 0 Å². The van der Waals surface area contributed by atoms with Crippen LogP contribution < -0.4 is 10.1 Å². The van der Waals surface area contributed by atoms with E-state index in [4.69, 9.17) is 5.11 Å². The van der Waals surface area contributed by atoms with Crippen LogP contribution >= 0.6 is 11.3 Å². The molecule has 33 heavy (non-hydrogen) atoms. The topological polar surface area (TPSA) is 95.9 Å². The summed E-state index contributed by atoms with van der Waals surface area (Å²) in [6.45, 7) is 2.68. The minimum Gasteiger partial charge on any atom is -0.480 e. The molecule has 2 N–H and O–H groups in total. The first-order valence-corrected chi connectivity index (χ1v) is 11.2. The highest BCUT2D eigenvalue weighted by Gasteiger charge is 2.31. The highest BCUT2D eigenvalue weighted by atomic mass is 32.1. The molecule has 1 amide bonds. The van der Waals surface area contributed by atoms with Gasteiger partial charge in [0.05, 0.1) is 18.0 Å². The molecule has 7 nitrogen and oxygen atoms in total. The largest absolute Gasteiger partial charge is 0.573 e.